The summed E-state index contributed by atoms with van der Waals surface area (Å²) >= 11 is 0. The lowest BCUT2D eigenvalue weighted by molar-refractivity contribution is -0.151. The number of carbonyl (C=O) groups excluding carboxylic acids is 4. The quantitative estimate of drug-likeness (QED) is 0.265. The molecule has 0 unspecified atom stereocenters. The van der Waals surface area contributed by atoms with Crippen molar-refractivity contribution in [2.75, 3.05) is 26.3 Å². The fraction of sp³-hybridized carbons (Fsp3) is 0.588. The number of amides is 3. The molecule has 0 aliphatic carbocycles. The van der Waals surface area contributed by atoms with Gasteiger partial charge in [-0.15, -0.1) is 0 Å². The van der Waals surface area contributed by atoms with Crippen LogP contribution in [-0.2, 0) is 28.7 Å². The standard InChI is InChI=1S/C34H45N3O7/c1-4-5-11-18-36-19-12-7-10-15-27(39)43-21-24(23-13-8-6-9-14-23)35-31(40)28-26-16-17-34(44-26)29(28)32(41)37(30(34)33(36)42)25(20-38)22(2)3/h6-9,12-14,16-17,22,24-26,28-30,38H,4-5,10-11,15,18-21H2,1-3H3,(H,35,40)/b12-7-/t24-,25+,26-,28+,29+,30-,34+/m1/s1. The molecule has 2 saturated heterocycles. The molecule has 44 heavy (non-hydrogen) atoms. The molecular weight excluding hydrogens is 562 g/mol. The predicted molar refractivity (Wildman–Crippen MR) is 163 cm³/mol. The van der Waals surface area contributed by atoms with E-state index < -0.39 is 47.6 Å². The minimum Gasteiger partial charge on any atom is -0.463 e. The molecule has 2 N–H and O–H groups in total. The van der Waals surface area contributed by atoms with Gasteiger partial charge in [0.2, 0.25) is 17.7 Å². The summed E-state index contributed by atoms with van der Waals surface area (Å²) in [5, 5.41) is 13.5. The van der Waals surface area contributed by atoms with Crippen LogP contribution in [0.5, 0.6) is 0 Å². The molecule has 3 amide bonds. The van der Waals surface area contributed by atoms with Crippen LogP contribution in [0.1, 0.15) is 64.5 Å². The van der Waals surface area contributed by atoms with Crippen molar-refractivity contribution in [3.63, 3.8) is 0 Å². The average Bonchev–Trinajstić information content (AvgIpc) is 3.65. The van der Waals surface area contributed by atoms with Crippen LogP contribution in [0, 0.1) is 17.8 Å². The van der Waals surface area contributed by atoms with Crippen LogP contribution in [0.25, 0.3) is 0 Å². The zero-order valence-corrected chi connectivity index (χ0v) is 25.9. The van der Waals surface area contributed by atoms with E-state index in [9.17, 15) is 24.3 Å². The number of esters is 1. The van der Waals surface area contributed by atoms with Crippen LogP contribution in [0.3, 0.4) is 0 Å². The number of nitrogens with one attached hydrogen (secondary N) is 1. The molecule has 0 aromatic heterocycles. The molecule has 4 aliphatic heterocycles. The van der Waals surface area contributed by atoms with Crippen LogP contribution in [0.15, 0.2) is 54.6 Å². The van der Waals surface area contributed by atoms with Crippen molar-refractivity contribution in [3.05, 3.63) is 60.2 Å². The van der Waals surface area contributed by atoms with Crippen molar-refractivity contribution < 1.29 is 33.8 Å². The molecule has 2 fully saturated rings. The number of allylic oxidation sites excluding steroid dienone is 1. The monoisotopic (exact) mass is 607 g/mol. The number of aliphatic hydroxyl groups excluding tert-OH is 1. The second-order valence-corrected chi connectivity index (χ2v) is 12.6. The van der Waals surface area contributed by atoms with Crippen molar-refractivity contribution >= 4 is 23.7 Å². The van der Waals surface area contributed by atoms with Crippen molar-refractivity contribution in [2.45, 2.75) is 82.7 Å². The minimum atomic E-state index is -1.33. The van der Waals surface area contributed by atoms with E-state index in [-0.39, 0.29) is 43.3 Å². The average molecular weight is 608 g/mol. The molecule has 5 rings (SSSR count). The van der Waals surface area contributed by atoms with E-state index in [0.717, 1.165) is 24.8 Å². The number of hydrogen-bond donors (Lipinski definition) is 2. The van der Waals surface area contributed by atoms with Gasteiger partial charge < -0.3 is 29.7 Å². The molecule has 1 aromatic rings. The highest BCUT2D eigenvalue weighted by Crippen LogP contribution is 2.56. The van der Waals surface area contributed by atoms with Gasteiger partial charge in [-0.1, -0.05) is 88.2 Å². The number of nitrogens with zero attached hydrogens (tertiary/aromatic N) is 2. The van der Waals surface area contributed by atoms with E-state index >= 15 is 0 Å². The maximum Gasteiger partial charge on any atom is 0.306 e. The highest BCUT2D eigenvalue weighted by molar-refractivity contribution is 6.00. The molecule has 0 saturated carbocycles. The summed E-state index contributed by atoms with van der Waals surface area (Å²) in [5.74, 6) is -3.41. The van der Waals surface area contributed by atoms with Gasteiger partial charge in [0.1, 0.15) is 18.2 Å². The number of fused-ring (bicyclic) bond motifs is 2. The number of cyclic esters (lactones) is 1. The number of ether oxygens (including phenoxy) is 2. The molecular formula is C34H45N3O7. The molecule has 0 radical (unpaired) electrons. The molecule has 1 aromatic carbocycles. The summed E-state index contributed by atoms with van der Waals surface area (Å²) in [7, 11) is 0. The molecule has 10 heteroatoms. The van der Waals surface area contributed by atoms with Gasteiger partial charge in [-0.3, -0.25) is 19.2 Å². The summed E-state index contributed by atoms with van der Waals surface area (Å²) in [6, 6.07) is 6.95. The Labute approximate surface area is 259 Å². The third kappa shape index (κ3) is 5.94. The lowest BCUT2D eigenvalue weighted by atomic mass is 9.74. The van der Waals surface area contributed by atoms with E-state index in [2.05, 4.69) is 12.2 Å². The first-order chi connectivity index (χ1) is 21.2. The summed E-state index contributed by atoms with van der Waals surface area (Å²) < 4.78 is 12.1. The number of likely N-dealkylation sites (tertiary alicyclic amines) is 1. The molecule has 1 spiro atoms. The number of hydrogen-bond acceptors (Lipinski definition) is 7. The van der Waals surface area contributed by atoms with E-state index in [1.165, 1.54) is 4.90 Å². The van der Waals surface area contributed by atoms with Crippen LogP contribution < -0.4 is 5.32 Å². The first kappa shape index (κ1) is 31.9. The Morgan fingerprint density at radius 1 is 1.07 bits per heavy atom. The topological polar surface area (TPSA) is 125 Å². The van der Waals surface area contributed by atoms with Crippen LogP contribution in [-0.4, -0.2) is 88.7 Å². The Morgan fingerprint density at radius 3 is 2.55 bits per heavy atom. The van der Waals surface area contributed by atoms with Gasteiger partial charge in [0.15, 0.2) is 0 Å². The van der Waals surface area contributed by atoms with Crippen molar-refractivity contribution in [1.29, 1.82) is 0 Å². The Hall–Kier alpha value is -3.50. The first-order valence-corrected chi connectivity index (χ1v) is 16.0. The molecule has 10 nitrogen and oxygen atoms in total. The molecule has 7 atom stereocenters. The van der Waals surface area contributed by atoms with Gasteiger partial charge >= 0.3 is 5.97 Å². The lowest BCUT2D eigenvalue weighted by Crippen LogP contribution is -2.59. The number of benzene rings is 1. The normalized spacial score (nSPS) is 32.2. The maximum absolute atomic E-state index is 14.6. The number of rotatable bonds is 8. The van der Waals surface area contributed by atoms with Gasteiger partial charge in [-0.25, -0.2) is 0 Å². The van der Waals surface area contributed by atoms with Crippen molar-refractivity contribution in [1.82, 2.24) is 15.1 Å². The first-order valence-electron chi connectivity index (χ1n) is 16.0. The van der Waals surface area contributed by atoms with Crippen LogP contribution in [0.2, 0.25) is 0 Å². The summed E-state index contributed by atoms with van der Waals surface area (Å²) in [6.45, 7) is 6.31. The van der Waals surface area contributed by atoms with Gasteiger partial charge in [-0.2, -0.15) is 0 Å². The zero-order valence-electron chi connectivity index (χ0n) is 25.9. The maximum atomic E-state index is 14.6. The lowest BCUT2D eigenvalue weighted by Gasteiger charge is -2.40. The minimum absolute atomic E-state index is 0.0610. The third-order valence-electron chi connectivity index (χ3n) is 9.44. The SMILES string of the molecule is CCCCCN1C/C=C\CCC(=O)OC[C@H](c2ccccc2)NC(=O)[C@@H]2[C@H]3C(=O)N([C@@H](CO)C(C)C)[C@H](C1=O)[C@]31C=C[C@H]2O1. The van der Waals surface area contributed by atoms with Gasteiger partial charge in [0, 0.05) is 19.5 Å². The smallest absolute Gasteiger partial charge is 0.306 e. The van der Waals surface area contributed by atoms with E-state index in [1.54, 1.807) is 17.1 Å². The number of carbonyl (C=O) groups is 4. The van der Waals surface area contributed by atoms with Crippen molar-refractivity contribution in [2.24, 2.45) is 17.8 Å². The number of aliphatic hydroxyl groups is 1. The second-order valence-electron chi connectivity index (χ2n) is 12.6. The van der Waals surface area contributed by atoms with Gasteiger partial charge in [0.05, 0.1) is 36.6 Å². The zero-order chi connectivity index (χ0) is 31.4. The van der Waals surface area contributed by atoms with Crippen molar-refractivity contribution in [3.8, 4) is 0 Å². The fourth-order valence-corrected chi connectivity index (χ4v) is 7.13. The third-order valence-corrected chi connectivity index (χ3v) is 9.44. The predicted octanol–water partition coefficient (Wildman–Crippen LogP) is 2.92. The van der Waals surface area contributed by atoms with E-state index in [1.807, 2.05) is 56.3 Å². The second kappa shape index (κ2) is 13.6. The molecule has 5 bridgehead atoms. The van der Waals surface area contributed by atoms with E-state index in [0.29, 0.717) is 19.5 Å². The Kier molecular flexibility index (Phi) is 9.90. The fourth-order valence-electron chi connectivity index (χ4n) is 7.13. The Morgan fingerprint density at radius 2 is 1.84 bits per heavy atom. The Bertz CT molecular complexity index is 1280. The molecule has 238 valence electrons. The molecule has 4 aliphatic rings. The largest absolute Gasteiger partial charge is 0.463 e. The van der Waals surface area contributed by atoms with Gasteiger partial charge in [-0.05, 0) is 24.3 Å². The highest BCUT2D eigenvalue weighted by atomic mass is 16.5. The highest BCUT2D eigenvalue weighted by Gasteiger charge is 2.74. The van der Waals surface area contributed by atoms with E-state index in [4.69, 9.17) is 9.47 Å². The number of unbranched alkanes of at least 4 members (excludes halogenated alkanes) is 2. The Balaban J connectivity index is 1.57. The van der Waals surface area contributed by atoms with Gasteiger partial charge in [0.25, 0.3) is 0 Å². The summed E-state index contributed by atoms with van der Waals surface area (Å²) in [5.41, 5.74) is -0.575. The van der Waals surface area contributed by atoms with Crippen LogP contribution in [0.4, 0.5) is 0 Å². The summed E-state index contributed by atoms with van der Waals surface area (Å²) in [4.78, 5) is 59.0. The van der Waals surface area contributed by atoms with Crippen LogP contribution >= 0.6 is 0 Å². The summed E-state index contributed by atoms with van der Waals surface area (Å²) in [6.07, 6.45) is 9.95. The molecule has 4 heterocycles.